The number of carbonyl (C=O) groups excluding carboxylic acids is 1. The number of benzene rings is 2. The maximum atomic E-state index is 12.7. The average Bonchev–Trinajstić information content (AvgIpc) is 2.80. The first-order valence-corrected chi connectivity index (χ1v) is 11.7. The Hall–Kier alpha value is -2.52. The number of carbonyl (C=O) groups is 1. The number of piperidine rings is 1. The minimum atomic E-state index is -4.68. The van der Waals surface area contributed by atoms with Gasteiger partial charge in [-0.15, -0.1) is 0 Å². The number of halogens is 2. The van der Waals surface area contributed by atoms with E-state index in [2.05, 4.69) is 10.2 Å². The summed E-state index contributed by atoms with van der Waals surface area (Å²) in [7, 11) is -3.08. The van der Waals surface area contributed by atoms with Crippen LogP contribution in [0.5, 0.6) is 5.75 Å². The lowest BCUT2D eigenvalue weighted by atomic mass is 10.0. The summed E-state index contributed by atoms with van der Waals surface area (Å²) in [5.41, 5.74) is 1.27. The van der Waals surface area contributed by atoms with Gasteiger partial charge in [0.1, 0.15) is 5.75 Å². The molecule has 0 aromatic heterocycles. The molecule has 0 bridgehead atoms. The molecule has 1 atom stereocenters. The van der Waals surface area contributed by atoms with Crippen molar-refractivity contribution in [1.82, 2.24) is 10.2 Å². The highest BCUT2D eigenvalue weighted by Gasteiger charge is 2.27. The number of hydrogen-bond donors (Lipinski definition) is 1. The van der Waals surface area contributed by atoms with Crippen molar-refractivity contribution in [3.05, 3.63) is 59.7 Å². The van der Waals surface area contributed by atoms with Crippen molar-refractivity contribution in [1.29, 1.82) is 0 Å². The van der Waals surface area contributed by atoms with E-state index in [1.54, 1.807) is 7.11 Å². The molecule has 1 N–H and O–H groups in total. The van der Waals surface area contributed by atoms with E-state index in [1.807, 2.05) is 24.3 Å². The van der Waals surface area contributed by atoms with Gasteiger partial charge in [-0.2, -0.15) is 8.78 Å². The van der Waals surface area contributed by atoms with Gasteiger partial charge in [-0.3, -0.25) is 9.69 Å². The van der Waals surface area contributed by atoms with Gasteiger partial charge < -0.3 is 10.1 Å². The summed E-state index contributed by atoms with van der Waals surface area (Å²) < 4.78 is 53.7. The van der Waals surface area contributed by atoms with Crippen molar-refractivity contribution in [2.75, 3.05) is 26.7 Å². The lowest BCUT2D eigenvalue weighted by Crippen LogP contribution is -2.40. The van der Waals surface area contributed by atoms with E-state index in [4.69, 9.17) is 4.74 Å². The number of nitrogens with one attached hydrogen (secondary N) is 1. The Kier molecular flexibility index (Phi) is 7.61. The van der Waals surface area contributed by atoms with Gasteiger partial charge in [0.05, 0.1) is 18.0 Å². The molecule has 3 rings (SSSR count). The number of nitrogens with zero attached hydrogens (tertiary/aromatic N) is 1. The van der Waals surface area contributed by atoms with Crippen molar-refractivity contribution in [3.8, 4) is 5.75 Å². The normalized spacial score (nSPS) is 16.1. The second-order valence-electron chi connectivity index (χ2n) is 7.43. The van der Waals surface area contributed by atoms with Crippen molar-refractivity contribution in [2.45, 2.75) is 36.0 Å². The van der Waals surface area contributed by atoms with E-state index in [1.165, 1.54) is 18.6 Å². The average molecular weight is 453 g/mol. The van der Waals surface area contributed by atoms with Crippen LogP contribution in [-0.2, 0) is 9.84 Å². The number of sulfone groups is 1. The van der Waals surface area contributed by atoms with Crippen LogP contribution in [0.2, 0.25) is 0 Å². The summed E-state index contributed by atoms with van der Waals surface area (Å²) in [5, 5.41) is 2.89. The Balaban J connectivity index is 1.72. The van der Waals surface area contributed by atoms with Crippen molar-refractivity contribution < 1.29 is 26.7 Å². The molecular formula is C22H26F2N2O4S. The first kappa shape index (κ1) is 23.1. The highest BCUT2D eigenvalue weighted by atomic mass is 32.2. The molecule has 2 aromatic carbocycles. The Morgan fingerprint density at radius 2 is 1.65 bits per heavy atom. The molecule has 31 heavy (non-hydrogen) atoms. The fraction of sp³-hybridized carbons (Fsp3) is 0.409. The van der Waals surface area contributed by atoms with Gasteiger partial charge in [-0.05, 0) is 67.9 Å². The van der Waals surface area contributed by atoms with E-state index < -0.39 is 26.4 Å². The molecule has 0 aliphatic carbocycles. The van der Waals surface area contributed by atoms with Gasteiger partial charge in [0.25, 0.3) is 5.91 Å². The predicted octanol–water partition coefficient (Wildman–Crippen LogP) is 3.65. The van der Waals surface area contributed by atoms with Gasteiger partial charge in [-0.25, -0.2) is 8.42 Å². The third kappa shape index (κ3) is 5.59. The van der Waals surface area contributed by atoms with Crippen LogP contribution < -0.4 is 10.1 Å². The summed E-state index contributed by atoms with van der Waals surface area (Å²) in [6.07, 6.45) is 3.38. The molecule has 9 heteroatoms. The highest BCUT2D eigenvalue weighted by molar-refractivity contribution is 7.91. The first-order valence-electron chi connectivity index (χ1n) is 10.1. The molecule has 1 fully saturated rings. The van der Waals surface area contributed by atoms with Gasteiger partial charge in [0.15, 0.2) is 0 Å². The molecule has 0 saturated carbocycles. The molecule has 0 radical (unpaired) electrons. The Morgan fingerprint density at radius 1 is 1.03 bits per heavy atom. The van der Waals surface area contributed by atoms with Gasteiger partial charge in [-0.1, -0.05) is 18.6 Å². The Bertz CT molecular complexity index is 974. The summed E-state index contributed by atoms with van der Waals surface area (Å²) in [4.78, 5) is 14.4. The lowest BCUT2D eigenvalue weighted by molar-refractivity contribution is 0.0924. The maximum Gasteiger partial charge on any atom is 0.341 e. The van der Waals surface area contributed by atoms with E-state index in [0.717, 1.165) is 49.4 Å². The van der Waals surface area contributed by atoms with Crippen LogP contribution >= 0.6 is 0 Å². The van der Waals surface area contributed by atoms with E-state index in [0.29, 0.717) is 6.54 Å². The second kappa shape index (κ2) is 10.2. The van der Waals surface area contributed by atoms with Crippen LogP contribution in [0.1, 0.15) is 41.2 Å². The summed E-state index contributed by atoms with van der Waals surface area (Å²) in [5.74, 6) is -3.14. The summed E-state index contributed by atoms with van der Waals surface area (Å²) in [6, 6.07) is 12.3. The zero-order chi connectivity index (χ0) is 22.4. The largest absolute Gasteiger partial charge is 0.497 e. The van der Waals surface area contributed by atoms with Crippen LogP contribution in [0.25, 0.3) is 0 Å². The number of amides is 1. The molecule has 1 heterocycles. The third-order valence-electron chi connectivity index (χ3n) is 5.47. The second-order valence-corrected chi connectivity index (χ2v) is 9.34. The Labute approximate surface area is 181 Å². The molecule has 168 valence electrons. The highest BCUT2D eigenvalue weighted by Crippen LogP contribution is 2.26. The number of alkyl halides is 2. The smallest absolute Gasteiger partial charge is 0.341 e. The molecule has 1 amide bonds. The van der Waals surface area contributed by atoms with Crippen LogP contribution in [0.4, 0.5) is 8.78 Å². The molecule has 1 aliphatic rings. The van der Waals surface area contributed by atoms with Crippen LogP contribution in [-0.4, -0.2) is 51.7 Å². The summed E-state index contributed by atoms with van der Waals surface area (Å²) in [6.45, 7) is 2.24. The van der Waals surface area contributed by atoms with Gasteiger partial charge >= 0.3 is 5.76 Å². The molecular weight excluding hydrogens is 426 g/mol. The minimum Gasteiger partial charge on any atom is -0.497 e. The standard InChI is InChI=1S/C22H26F2N2O4S/c1-30-18-9-5-16(6-10-18)20(26-13-3-2-4-14-26)15-25-21(27)17-7-11-19(12-8-17)31(28,29)22(23)24/h5-12,20,22H,2-4,13-15H2,1H3,(H,25,27). The monoisotopic (exact) mass is 452 g/mol. The van der Waals surface area contributed by atoms with E-state index in [9.17, 15) is 22.0 Å². The fourth-order valence-electron chi connectivity index (χ4n) is 3.70. The zero-order valence-electron chi connectivity index (χ0n) is 17.3. The number of rotatable bonds is 8. The Morgan fingerprint density at radius 3 is 2.19 bits per heavy atom. The molecule has 1 saturated heterocycles. The van der Waals surface area contributed by atoms with Crippen LogP contribution in [0.15, 0.2) is 53.4 Å². The topological polar surface area (TPSA) is 75.7 Å². The van der Waals surface area contributed by atoms with Crippen LogP contribution in [0.3, 0.4) is 0 Å². The molecule has 1 unspecified atom stereocenters. The van der Waals surface area contributed by atoms with E-state index in [-0.39, 0.29) is 11.6 Å². The minimum absolute atomic E-state index is 0.0198. The summed E-state index contributed by atoms with van der Waals surface area (Å²) >= 11 is 0. The lowest BCUT2D eigenvalue weighted by Gasteiger charge is -2.35. The number of ether oxygens (including phenoxy) is 1. The molecule has 1 aliphatic heterocycles. The SMILES string of the molecule is COc1ccc(C(CNC(=O)c2ccc(S(=O)(=O)C(F)F)cc2)N2CCCCC2)cc1. The van der Waals surface area contributed by atoms with Crippen molar-refractivity contribution in [2.24, 2.45) is 0 Å². The number of hydrogen-bond acceptors (Lipinski definition) is 5. The predicted molar refractivity (Wildman–Crippen MR) is 113 cm³/mol. The van der Waals surface area contributed by atoms with Gasteiger partial charge in [0.2, 0.25) is 9.84 Å². The van der Waals surface area contributed by atoms with Gasteiger partial charge in [0, 0.05) is 12.1 Å². The van der Waals surface area contributed by atoms with E-state index >= 15 is 0 Å². The molecule has 6 nitrogen and oxygen atoms in total. The number of methoxy groups -OCH3 is 1. The van der Waals surface area contributed by atoms with Crippen molar-refractivity contribution in [3.63, 3.8) is 0 Å². The third-order valence-corrected chi connectivity index (χ3v) is 6.87. The number of likely N-dealkylation sites (tertiary alicyclic amines) is 1. The first-order chi connectivity index (χ1) is 14.8. The molecule has 2 aromatic rings. The quantitative estimate of drug-likeness (QED) is 0.662. The van der Waals surface area contributed by atoms with Crippen LogP contribution in [0, 0.1) is 0 Å². The fourth-order valence-corrected chi connectivity index (χ4v) is 4.43. The maximum absolute atomic E-state index is 12.7. The zero-order valence-corrected chi connectivity index (χ0v) is 18.1. The molecule has 0 spiro atoms. The van der Waals surface area contributed by atoms with Crippen molar-refractivity contribution >= 4 is 15.7 Å².